The van der Waals surface area contributed by atoms with Gasteiger partial charge in [0.15, 0.2) is 11.5 Å². The number of hydrogen-bond acceptors (Lipinski definition) is 3. The number of halogens is 2. The van der Waals surface area contributed by atoms with E-state index in [0.717, 1.165) is 11.3 Å². The lowest BCUT2D eigenvalue weighted by atomic mass is 10.1. The third-order valence-corrected chi connectivity index (χ3v) is 4.64. The third kappa shape index (κ3) is 5.17. The number of rotatable bonds is 8. The molecule has 0 aliphatic rings. The van der Waals surface area contributed by atoms with Gasteiger partial charge in [-0.3, -0.25) is 0 Å². The summed E-state index contributed by atoms with van der Waals surface area (Å²) < 4.78 is 25.3. The minimum absolute atomic E-state index is 0.101. The van der Waals surface area contributed by atoms with E-state index < -0.39 is 0 Å². The van der Waals surface area contributed by atoms with Gasteiger partial charge in [-0.05, 0) is 43.7 Å². The molecule has 0 aromatic heterocycles. The number of nitrogens with one attached hydrogen (secondary N) is 1. The van der Waals surface area contributed by atoms with Gasteiger partial charge in [-0.1, -0.05) is 47.5 Å². The van der Waals surface area contributed by atoms with Gasteiger partial charge in [-0.15, -0.1) is 0 Å². The summed E-state index contributed by atoms with van der Waals surface area (Å²) in [6, 6.07) is 18.3. The second-order valence-corrected chi connectivity index (χ2v) is 6.83. The summed E-state index contributed by atoms with van der Waals surface area (Å²) in [4.78, 5) is 0. The molecule has 0 fully saturated rings. The predicted octanol–water partition coefficient (Wildman–Crippen LogP) is 6.38. The maximum Gasteiger partial charge on any atom is 0.163 e. The molecule has 3 nitrogen and oxygen atoms in total. The van der Waals surface area contributed by atoms with Crippen LogP contribution in [0.2, 0.25) is 5.02 Å². The average molecular weight is 400 g/mol. The first-order chi connectivity index (χ1) is 13.6. The highest BCUT2D eigenvalue weighted by molar-refractivity contribution is 6.31. The summed E-state index contributed by atoms with van der Waals surface area (Å²) in [5.74, 6) is 0.781. The van der Waals surface area contributed by atoms with Crippen molar-refractivity contribution in [3.63, 3.8) is 0 Å². The molecule has 146 valence electrons. The molecule has 0 saturated heterocycles. The molecule has 0 radical (unpaired) electrons. The van der Waals surface area contributed by atoms with Crippen LogP contribution in [-0.2, 0) is 13.2 Å². The Kier molecular flexibility index (Phi) is 6.77. The van der Waals surface area contributed by atoms with Gasteiger partial charge in [-0.2, -0.15) is 0 Å². The molecule has 0 spiro atoms. The monoisotopic (exact) mass is 399 g/mol. The highest BCUT2D eigenvalue weighted by Gasteiger charge is 2.12. The molecule has 0 bridgehead atoms. The Balaban J connectivity index is 1.75. The van der Waals surface area contributed by atoms with Crippen LogP contribution in [-0.4, -0.2) is 6.61 Å². The highest BCUT2D eigenvalue weighted by Crippen LogP contribution is 2.34. The molecule has 0 heterocycles. The molecule has 0 saturated carbocycles. The molecule has 3 aromatic rings. The number of hydrogen-bond donors (Lipinski definition) is 1. The van der Waals surface area contributed by atoms with E-state index in [2.05, 4.69) is 24.4 Å². The van der Waals surface area contributed by atoms with Gasteiger partial charge in [-0.25, -0.2) is 4.39 Å². The third-order valence-electron chi connectivity index (χ3n) is 4.29. The molecule has 3 rings (SSSR count). The standard InChI is InChI=1S/C23H23ClFNO2/c1-3-27-22-12-18(14-26-19-10-8-16(2)9-11-19)20(24)13-23(22)28-15-17-6-4-5-7-21(17)25/h4-13,26H,3,14-15H2,1-2H3. The Bertz CT molecular complexity index is 928. The molecule has 1 N–H and O–H groups in total. The fourth-order valence-electron chi connectivity index (χ4n) is 2.73. The molecule has 0 aliphatic heterocycles. The predicted molar refractivity (Wildman–Crippen MR) is 112 cm³/mol. The Labute approximate surface area is 170 Å². The van der Waals surface area contributed by atoms with Gasteiger partial charge in [0.1, 0.15) is 12.4 Å². The normalized spacial score (nSPS) is 10.6. The molecule has 0 unspecified atom stereocenters. The van der Waals surface area contributed by atoms with E-state index in [-0.39, 0.29) is 12.4 Å². The van der Waals surface area contributed by atoms with Crippen LogP contribution in [0.5, 0.6) is 11.5 Å². The van der Waals surface area contributed by atoms with Gasteiger partial charge in [0.25, 0.3) is 0 Å². The lowest BCUT2D eigenvalue weighted by Gasteiger charge is -2.16. The van der Waals surface area contributed by atoms with Crippen LogP contribution in [0, 0.1) is 12.7 Å². The van der Waals surface area contributed by atoms with E-state index in [1.54, 1.807) is 24.3 Å². The van der Waals surface area contributed by atoms with Gasteiger partial charge >= 0.3 is 0 Å². The number of benzene rings is 3. The molecule has 0 aliphatic carbocycles. The van der Waals surface area contributed by atoms with Crippen molar-refractivity contribution in [1.82, 2.24) is 0 Å². The molecule has 0 amide bonds. The summed E-state index contributed by atoms with van der Waals surface area (Å²) in [6.45, 7) is 5.09. The summed E-state index contributed by atoms with van der Waals surface area (Å²) >= 11 is 6.46. The first-order valence-electron chi connectivity index (χ1n) is 9.18. The van der Waals surface area contributed by atoms with E-state index in [0.29, 0.717) is 35.2 Å². The van der Waals surface area contributed by atoms with Gasteiger partial charge in [0.2, 0.25) is 0 Å². The second-order valence-electron chi connectivity index (χ2n) is 6.42. The van der Waals surface area contributed by atoms with E-state index in [4.69, 9.17) is 21.1 Å². The van der Waals surface area contributed by atoms with Crippen LogP contribution >= 0.6 is 11.6 Å². The first-order valence-corrected chi connectivity index (χ1v) is 9.56. The zero-order valence-corrected chi connectivity index (χ0v) is 16.7. The van der Waals surface area contributed by atoms with Crippen LogP contribution in [0.3, 0.4) is 0 Å². The number of anilines is 1. The van der Waals surface area contributed by atoms with Gasteiger partial charge < -0.3 is 14.8 Å². The molecule has 28 heavy (non-hydrogen) atoms. The molecular weight excluding hydrogens is 377 g/mol. The van der Waals surface area contributed by atoms with Crippen molar-refractivity contribution < 1.29 is 13.9 Å². The number of aryl methyl sites for hydroxylation is 1. The van der Waals surface area contributed by atoms with Crippen molar-refractivity contribution in [2.75, 3.05) is 11.9 Å². The molecule has 0 atom stereocenters. The Hall–Kier alpha value is -2.72. The summed E-state index contributed by atoms with van der Waals surface area (Å²) in [6.07, 6.45) is 0. The summed E-state index contributed by atoms with van der Waals surface area (Å²) in [5.41, 5.74) is 3.59. The van der Waals surface area contributed by atoms with Crippen LogP contribution in [0.25, 0.3) is 0 Å². The first kappa shape index (κ1) is 20.0. The van der Waals surface area contributed by atoms with Crippen molar-refractivity contribution in [2.45, 2.75) is 27.0 Å². The Morgan fingerprint density at radius 3 is 2.36 bits per heavy atom. The van der Waals surface area contributed by atoms with E-state index >= 15 is 0 Å². The second kappa shape index (κ2) is 9.47. The fraction of sp³-hybridized carbons (Fsp3) is 0.217. The quantitative estimate of drug-likeness (QED) is 0.477. The minimum Gasteiger partial charge on any atom is -0.490 e. The smallest absolute Gasteiger partial charge is 0.163 e. The van der Waals surface area contributed by atoms with Crippen LogP contribution in [0.4, 0.5) is 10.1 Å². The summed E-state index contributed by atoms with van der Waals surface area (Å²) in [7, 11) is 0. The minimum atomic E-state index is -0.300. The fourth-order valence-corrected chi connectivity index (χ4v) is 2.95. The van der Waals surface area contributed by atoms with Crippen molar-refractivity contribution in [3.8, 4) is 11.5 Å². The number of ether oxygens (including phenoxy) is 2. The van der Waals surface area contributed by atoms with Crippen LogP contribution < -0.4 is 14.8 Å². The zero-order chi connectivity index (χ0) is 19.9. The average Bonchev–Trinajstić information content (AvgIpc) is 2.69. The summed E-state index contributed by atoms with van der Waals surface area (Å²) in [5, 5.41) is 3.91. The van der Waals surface area contributed by atoms with Crippen molar-refractivity contribution in [1.29, 1.82) is 0 Å². The largest absolute Gasteiger partial charge is 0.490 e. The molecule has 3 aromatic carbocycles. The molecular formula is C23H23ClFNO2. The maximum absolute atomic E-state index is 13.8. The van der Waals surface area contributed by atoms with Gasteiger partial charge in [0, 0.05) is 28.9 Å². The van der Waals surface area contributed by atoms with Gasteiger partial charge in [0.05, 0.1) is 6.61 Å². The van der Waals surface area contributed by atoms with E-state index in [1.807, 2.05) is 25.1 Å². The van der Waals surface area contributed by atoms with Crippen molar-refractivity contribution in [3.05, 3.63) is 88.2 Å². The Morgan fingerprint density at radius 1 is 0.929 bits per heavy atom. The SMILES string of the molecule is CCOc1cc(CNc2ccc(C)cc2)c(Cl)cc1OCc1ccccc1F. The van der Waals surface area contributed by atoms with E-state index in [9.17, 15) is 4.39 Å². The van der Waals surface area contributed by atoms with Crippen LogP contribution in [0.15, 0.2) is 60.7 Å². The Morgan fingerprint density at radius 2 is 1.64 bits per heavy atom. The van der Waals surface area contributed by atoms with Crippen molar-refractivity contribution >= 4 is 17.3 Å². The van der Waals surface area contributed by atoms with Crippen molar-refractivity contribution in [2.24, 2.45) is 0 Å². The van der Waals surface area contributed by atoms with Crippen LogP contribution in [0.1, 0.15) is 23.6 Å². The topological polar surface area (TPSA) is 30.5 Å². The van der Waals surface area contributed by atoms with E-state index in [1.165, 1.54) is 11.6 Å². The zero-order valence-electron chi connectivity index (χ0n) is 16.0. The lowest BCUT2D eigenvalue weighted by Crippen LogP contribution is -2.04. The molecule has 5 heteroatoms. The maximum atomic E-state index is 13.8. The highest BCUT2D eigenvalue weighted by atomic mass is 35.5. The lowest BCUT2D eigenvalue weighted by molar-refractivity contribution is 0.265.